The van der Waals surface area contributed by atoms with Crippen molar-refractivity contribution in [1.29, 1.82) is 0 Å². The maximum Gasteiger partial charge on any atom is 0.105 e. The Morgan fingerprint density at radius 3 is 2.40 bits per heavy atom. The van der Waals surface area contributed by atoms with E-state index in [0.717, 1.165) is 11.8 Å². The topological polar surface area (TPSA) is 0 Å². The fraction of sp³-hybridized carbons (Fsp3) is 0.900. The van der Waals surface area contributed by atoms with Crippen LogP contribution in [0, 0.1) is 23.2 Å². The molecule has 3 saturated carbocycles. The van der Waals surface area contributed by atoms with E-state index in [1.165, 1.54) is 19.3 Å². The quantitative estimate of drug-likeness (QED) is 0.450. The van der Waals surface area contributed by atoms with E-state index >= 15 is 0 Å². The van der Waals surface area contributed by atoms with E-state index < -0.39 is 0 Å². The van der Waals surface area contributed by atoms with Crippen LogP contribution in [0.4, 0.5) is 0 Å². The first kappa shape index (κ1) is 6.57. The van der Waals surface area contributed by atoms with Crippen LogP contribution in [0.15, 0.2) is 0 Å². The molecule has 0 spiro atoms. The zero-order valence-corrected chi connectivity index (χ0v) is 7.28. The predicted molar refractivity (Wildman–Crippen MR) is 43.5 cm³/mol. The summed E-state index contributed by atoms with van der Waals surface area (Å²) in [5.74, 6) is 3.81. The molecule has 2 bridgehead atoms. The molecular formula is C10H17+. The molecule has 0 heteroatoms. The first-order chi connectivity index (χ1) is 4.62. The Morgan fingerprint density at radius 1 is 1.40 bits per heavy atom. The van der Waals surface area contributed by atoms with Gasteiger partial charge in [0.15, 0.2) is 0 Å². The zero-order chi connectivity index (χ0) is 7.35. The average Bonchev–Trinajstić information content (AvgIpc) is 1.87. The summed E-state index contributed by atoms with van der Waals surface area (Å²) in [5.41, 5.74) is 0.669. The van der Waals surface area contributed by atoms with Crippen LogP contribution in [-0.2, 0) is 0 Å². The SMILES string of the molecule is C[C+]1CC[C@H]2C[C@@H]1C2(C)C. The van der Waals surface area contributed by atoms with Crippen molar-refractivity contribution in [1.82, 2.24) is 0 Å². The first-order valence-corrected chi connectivity index (χ1v) is 4.44. The normalized spacial score (nSPS) is 42.9. The Balaban J connectivity index is 2.16. The second-order valence-electron chi connectivity index (χ2n) is 4.69. The van der Waals surface area contributed by atoms with E-state index in [1.54, 1.807) is 5.92 Å². The minimum absolute atomic E-state index is 0.669. The summed E-state index contributed by atoms with van der Waals surface area (Å²) in [6.45, 7) is 7.23. The smallest absolute Gasteiger partial charge is 0.0553 e. The van der Waals surface area contributed by atoms with Crippen molar-refractivity contribution in [2.24, 2.45) is 17.3 Å². The van der Waals surface area contributed by atoms with Crippen molar-refractivity contribution in [2.75, 3.05) is 0 Å². The second-order valence-corrected chi connectivity index (χ2v) is 4.69. The summed E-state index contributed by atoms with van der Waals surface area (Å²) in [4.78, 5) is 0. The highest BCUT2D eigenvalue weighted by Crippen LogP contribution is 2.61. The van der Waals surface area contributed by atoms with Gasteiger partial charge in [-0.2, -0.15) is 0 Å². The van der Waals surface area contributed by atoms with E-state index in [1.807, 2.05) is 0 Å². The molecule has 0 aromatic rings. The van der Waals surface area contributed by atoms with Gasteiger partial charge in [-0.1, -0.05) is 13.8 Å². The number of rotatable bonds is 0. The van der Waals surface area contributed by atoms with Crippen molar-refractivity contribution in [2.45, 2.75) is 40.0 Å². The van der Waals surface area contributed by atoms with Gasteiger partial charge in [0.25, 0.3) is 0 Å². The van der Waals surface area contributed by atoms with Crippen LogP contribution in [0.25, 0.3) is 0 Å². The van der Waals surface area contributed by atoms with Crippen molar-refractivity contribution in [3.05, 3.63) is 5.92 Å². The van der Waals surface area contributed by atoms with E-state index in [0.29, 0.717) is 5.41 Å². The molecule has 56 valence electrons. The zero-order valence-electron chi connectivity index (χ0n) is 7.28. The highest BCUT2D eigenvalue weighted by molar-refractivity contribution is 5.13. The van der Waals surface area contributed by atoms with Gasteiger partial charge < -0.3 is 0 Å². The summed E-state index contributed by atoms with van der Waals surface area (Å²) in [7, 11) is 0. The van der Waals surface area contributed by atoms with Gasteiger partial charge in [-0.15, -0.1) is 0 Å². The molecule has 0 unspecified atom stereocenters. The molecule has 0 aromatic carbocycles. The molecular weight excluding hydrogens is 120 g/mol. The number of hydrogen-bond donors (Lipinski definition) is 0. The standard InChI is InChI=1S/C10H17/c1-7-4-5-8-6-9(7)10(8,2)3/h8-9H,4-6H2,1-3H3/q+1/t8-,9-/m0/s1. The molecule has 3 aliphatic carbocycles. The van der Waals surface area contributed by atoms with Crippen molar-refractivity contribution in [3.63, 3.8) is 0 Å². The fourth-order valence-electron chi connectivity index (χ4n) is 2.92. The van der Waals surface area contributed by atoms with Gasteiger partial charge in [0, 0.05) is 5.41 Å². The summed E-state index contributed by atoms with van der Waals surface area (Å²) in [5, 5.41) is 0. The lowest BCUT2D eigenvalue weighted by molar-refractivity contribution is -0.0465. The molecule has 0 aromatic heterocycles. The van der Waals surface area contributed by atoms with Gasteiger partial charge in [0.1, 0.15) is 5.92 Å². The third kappa shape index (κ3) is 0.601. The van der Waals surface area contributed by atoms with Gasteiger partial charge in [0.05, 0.1) is 19.3 Å². The average molecular weight is 137 g/mol. The van der Waals surface area contributed by atoms with Crippen LogP contribution in [0.2, 0.25) is 0 Å². The maximum atomic E-state index is 2.44. The van der Waals surface area contributed by atoms with Crippen molar-refractivity contribution in [3.8, 4) is 0 Å². The van der Waals surface area contributed by atoms with E-state index in [9.17, 15) is 0 Å². The molecule has 3 fully saturated rings. The molecule has 0 heterocycles. The molecule has 10 heavy (non-hydrogen) atoms. The van der Waals surface area contributed by atoms with Gasteiger partial charge in [-0.25, -0.2) is 0 Å². The molecule has 3 aliphatic rings. The lowest BCUT2D eigenvalue weighted by Crippen LogP contribution is -2.50. The third-order valence-electron chi connectivity index (χ3n) is 3.95. The summed E-state index contributed by atoms with van der Waals surface area (Å²) >= 11 is 0. The van der Waals surface area contributed by atoms with Crippen LogP contribution >= 0.6 is 0 Å². The largest absolute Gasteiger partial charge is 0.105 e. The monoisotopic (exact) mass is 137 g/mol. The van der Waals surface area contributed by atoms with Crippen molar-refractivity contribution < 1.29 is 0 Å². The van der Waals surface area contributed by atoms with Crippen LogP contribution in [0.5, 0.6) is 0 Å². The highest BCUT2D eigenvalue weighted by atomic mass is 14.6. The molecule has 3 rings (SSSR count). The Morgan fingerprint density at radius 2 is 2.10 bits per heavy atom. The minimum Gasteiger partial charge on any atom is -0.0553 e. The van der Waals surface area contributed by atoms with Gasteiger partial charge >= 0.3 is 0 Å². The Kier molecular flexibility index (Phi) is 1.13. The maximum absolute atomic E-state index is 2.44. The molecule has 2 atom stereocenters. The lowest BCUT2D eigenvalue weighted by Gasteiger charge is -2.53. The second kappa shape index (κ2) is 1.72. The molecule has 0 aliphatic heterocycles. The summed E-state index contributed by atoms with van der Waals surface area (Å²) < 4.78 is 0. The Labute approximate surface area is 64.0 Å². The van der Waals surface area contributed by atoms with E-state index in [2.05, 4.69) is 20.8 Å². The van der Waals surface area contributed by atoms with Crippen LogP contribution in [0.3, 0.4) is 0 Å². The van der Waals surface area contributed by atoms with Gasteiger partial charge in [0.2, 0.25) is 0 Å². The van der Waals surface area contributed by atoms with E-state index in [4.69, 9.17) is 0 Å². The van der Waals surface area contributed by atoms with Crippen molar-refractivity contribution >= 4 is 0 Å². The fourth-order valence-corrected chi connectivity index (χ4v) is 2.92. The predicted octanol–water partition coefficient (Wildman–Crippen LogP) is 3.04. The van der Waals surface area contributed by atoms with E-state index in [-0.39, 0.29) is 0 Å². The lowest BCUT2D eigenvalue weighted by atomic mass is 9.46. The number of fused-ring (bicyclic) bond motifs is 2. The van der Waals surface area contributed by atoms with Gasteiger partial charge in [-0.05, 0) is 18.8 Å². The highest BCUT2D eigenvalue weighted by Gasteiger charge is 2.59. The molecule has 0 radical (unpaired) electrons. The van der Waals surface area contributed by atoms with Crippen LogP contribution < -0.4 is 0 Å². The minimum atomic E-state index is 0.669. The first-order valence-electron chi connectivity index (χ1n) is 4.44. The third-order valence-corrected chi connectivity index (χ3v) is 3.95. The van der Waals surface area contributed by atoms with Crippen LogP contribution in [-0.4, -0.2) is 0 Å². The Hall–Kier alpha value is -0.130. The Bertz CT molecular complexity index is 144. The van der Waals surface area contributed by atoms with Gasteiger partial charge in [-0.3, -0.25) is 0 Å². The molecule has 0 saturated heterocycles. The summed E-state index contributed by atoms with van der Waals surface area (Å²) in [6.07, 6.45) is 4.38. The molecule has 0 amide bonds. The summed E-state index contributed by atoms with van der Waals surface area (Å²) in [6, 6.07) is 0. The van der Waals surface area contributed by atoms with Crippen LogP contribution in [0.1, 0.15) is 40.0 Å². The molecule has 0 nitrogen and oxygen atoms in total. The molecule has 0 N–H and O–H groups in total. The number of hydrogen-bond acceptors (Lipinski definition) is 0.